The molecule has 0 atom stereocenters. The highest BCUT2D eigenvalue weighted by Crippen LogP contribution is 2.17. The van der Waals surface area contributed by atoms with Crippen molar-refractivity contribution in [1.29, 1.82) is 0 Å². The first kappa shape index (κ1) is 8.56. The van der Waals surface area contributed by atoms with Crippen molar-refractivity contribution in [2.75, 3.05) is 0 Å². The molecule has 0 aliphatic heterocycles. The minimum Gasteiger partial charge on any atom is -0.456 e. The summed E-state index contributed by atoms with van der Waals surface area (Å²) in [7, 11) is 0. The van der Waals surface area contributed by atoms with E-state index in [1.807, 2.05) is 13.8 Å². The predicted molar refractivity (Wildman–Crippen MR) is 37.0 cm³/mol. The maximum Gasteiger partial charge on any atom is 0.192 e. The molecule has 0 aromatic carbocycles. The number of furan rings is 1. The molecule has 0 bridgehead atoms. The fraction of sp³-hybridized carbons (Fsp3) is 0.333. The Morgan fingerprint density at radius 3 is 2.44 bits per heavy atom. The van der Waals surface area contributed by atoms with Gasteiger partial charge in [0.2, 0.25) is 0 Å². The van der Waals surface area contributed by atoms with E-state index in [4.69, 9.17) is 0 Å². The van der Waals surface area contributed by atoms with Crippen LogP contribution in [0, 0.1) is 0 Å². The minimum atomic E-state index is 0.109. The van der Waals surface area contributed by atoms with E-state index in [1.54, 1.807) is 12.1 Å². The van der Waals surface area contributed by atoms with Crippen LogP contribution in [0.25, 0.3) is 0 Å². The van der Waals surface area contributed by atoms with Gasteiger partial charge in [-0.15, -0.1) is 0 Å². The molecule has 0 amide bonds. The van der Waals surface area contributed by atoms with E-state index in [1.165, 1.54) is 6.26 Å². The molecule has 0 saturated carbocycles. The molecule has 1 rings (SSSR count). The third-order valence-corrected chi connectivity index (χ3v) is 0.956. The summed E-state index contributed by atoms with van der Waals surface area (Å²) >= 11 is 0.109. The van der Waals surface area contributed by atoms with Crippen molar-refractivity contribution < 1.29 is 8.30 Å². The second kappa shape index (κ2) is 5.69. The topological polar surface area (TPSA) is 13.1 Å². The summed E-state index contributed by atoms with van der Waals surface area (Å²) in [6.45, 7) is 4.00. The van der Waals surface area contributed by atoms with Gasteiger partial charge in [-0.1, -0.05) is 13.8 Å². The van der Waals surface area contributed by atoms with Crippen molar-refractivity contribution in [2.45, 2.75) is 18.9 Å². The standard InChI is InChI=1S/C4H3FOS.C2H6/c5-7-4-2-1-3-6-4;1-2/h1-3H;1-2H3. The Labute approximate surface area is 58.5 Å². The zero-order valence-corrected chi connectivity index (χ0v) is 6.24. The highest BCUT2D eigenvalue weighted by atomic mass is 32.2. The van der Waals surface area contributed by atoms with Crippen LogP contribution in [0.4, 0.5) is 3.89 Å². The molecule has 52 valence electrons. The smallest absolute Gasteiger partial charge is 0.192 e. The van der Waals surface area contributed by atoms with Crippen LogP contribution in [0.5, 0.6) is 0 Å². The van der Waals surface area contributed by atoms with Crippen molar-refractivity contribution in [3.05, 3.63) is 18.4 Å². The molecule has 1 aromatic rings. The van der Waals surface area contributed by atoms with E-state index in [0.29, 0.717) is 5.09 Å². The zero-order chi connectivity index (χ0) is 7.11. The van der Waals surface area contributed by atoms with Gasteiger partial charge in [-0.05, 0) is 12.1 Å². The predicted octanol–water partition coefficient (Wildman–Crippen LogP) is 3.28. The van der Waals surface area contributed by atoms with Crippen LogP contribution in [0.3, 0.4) is 0 Å². The number of halogens is 1. The van der Waals surface area contributed by atoms with Crippen molar-refractivity contribution in [3.63, 3.8) is 0 Å². The Morgan fingerprint density at radius 2 is 2.22 bits per heavy atom. The molecular weight excluding hydrogens is 139 g/mol. The van der Waals surface area contributed by atoms with E-state index in [9.17, 15) is 3.89 Å². The molecule has 0 aliphatic carbocycles. The molecule has 0 N–H and O–H groups in total. The highest BCUT2D eigenvalue weighted by molar-refractivity contribution is 7.94. The van der Waals surface area contributed by atoms with Gasteiger partial charge in [0.05, 0.1) is 6.26 Å². The van der Waals surface area contributed by atoms with Crippen LogP contribution in [-0.2, 0) is 0 Å². The Bertz CT molecular complexity index is 128. The van der Waals surface area contributed by atoms with Gasteiger partial charge >= 0.3 is 0 Å². The zero-order valence-electron chi connectivity index (χ0n) is 5.43. The summed E-state index contributed by atoms with van der Waals surface area (Å²) in [4.78, 5) is 0. The SMILES string of the molecule is CC.FSc1ccco1. The maximum absolute atomic E-state index is 11.4. The van der Waals surface area contributed by atoms with E-state index >= 15 is 0 Å². The van der Waals surface area contributed by atoms with E-state index in [0.717, 1.165) is 0 Å². The number of hydrogen-bond acceptors (Lipinski definition) is 2. The third-order valence-electron chi connectivity index (χ3n) is 0.571. The normalized spacial score (nSPS) is 7.89. The molecule has 1 aromatic heterocycles. The Balaban J connectivity index is 0.000000291. The Kier molecular flexibility index (Phi) is 5.41. The highest BCUT2D eigenvalue weighted by Gasteiger charge is 1.89. The number of hydrogen-bond donors (Lipinski definition) is 0. The summed E-state index contributed by atoms with van der Waals surface area (Å²) in [5.41, 5.74) is 0. The van der Waals surface area contributed by atoms with Crippen LogP contribution in [0.15, 0.2) is 27.9 Å². The second-order valence-electron chi connectivity index (χ2n) is 1.01. The first-order valence-corrected chi connectivity index (χ1v) is 3.47. The fourth-order valence-electron chi connectivity index (χ4n) is 0.307. The van der Waals surface area contributed by atoms with Crippen LogP contribution in [0.2, 0.25) is 0 Å². The van der Waals surface area contributed by atoms with Crippen LogP contribution in [-0.4, -0.2) is 0 Å². The van der Waals surface area contributed by atoms with E-state index in [2.05, 4.69) is 4.42 Å². The largest absolute Gasteiger partial charge is 0.456 e. The average Bonchev–Trinajstić information content (AvgIpc) is 2.43. The molecule has 0 aliphatic rings. The molecule has 1 nitrogen and oxygen atoms in total. The molecule has 0 saturated heterocycles. The summed E-state index contributed by atoms with van der Waals surface area (Å²) in [5.74, 6) is 0. The van der Waals surface area contributed by atoms with Gasteiger partial charge in [-0.25, -0.2) is 0 Å². The third kappa shape index (κ3) is 3.19. The summed E-state index contributed by atoms with van der Waals surface area (Å²) in [5, 5.41) is 0.306. The molecule has 0 fully saturated rings. The van der Waals surface area contributed by atoms with Crippen molar-refractivity contribution >= 4 is 12.1 Å². The summed E-state index contributed by atoms with van der Waals surface area (Å²) in [6.07, 6.45) is 1.43. The van der Waals surface area contributed by atoms with Crippen LogP contribution >= 0.6 is 12.1 Å². The molecule has 9 heavy (non-hydrogen) atoms. The summed E-state index contributed by atoms with van der Waals surface area (Å²) < 4.78 is 16.0. The first-order chi connectivity index (χ1) is 4.43. The molecule has 0 spiro atoms. The van der Waals surface area contributed by atoms with Gasteiger partial charge < -0.3 is 4.42 Å². The Morgan fingerprint density at radius 1 is 1.56 bits per heavy atom. The summed E-state index contributed by atoms with van der Waals surface area (Å²) in [6, 6.07) is 3.20. The van der Waals surface area contributed by atoms with Crippen molar-refractivity contribution in [3.8, 4) is 0 Å². The van der Waals surface area contributed by atoms with Gasteiger partial charge in [0.25, 0.3) is 0 Å². The van der Waals surface area contributed by atoms with Crippen molar-refractivity contribution in [1.82, 2.24) is 0 Å². The quantitative estimate of drug-likeness (QED) is 0.606. The van der Waals surface area contributed by atoms with Gasteiger partial charge in [-0.2, -0.15) is 3.89 Å². The molecule has 0 unspecified atom stereocenters. The lowest BCUT2D eigenvalue weighted by molar-refractivity contribution is 0.470. The average molecular weight is 148 g/mol. The van der Waals surface area contributed by atoms with Gasteiger partial charge in [-0.3, -0.25) is 0 Å². The van der Waals surface area contributed by atoms with Crippen molar-refractivity contribution in [2.24, 2.45) is 0 Å². The van der Waals surface area contributed by atoms with Gasteiger partial charge in [0.15, 0.2) is 5.09 Å². The fourth-order valence-corrected chi connectivity index (χ4v) is 0.529. The molecule has 3 heteroatoms. The number of rotatable bonds is 1. The van der Waals surface area contributed by atoms with Crippen LogP contribution < -0.4 is 0 Å². The minimum absolute atomic E-state index is 0.109. The van der Waals surface area contributed by atoms with Gasteiger partial charge in [0.1, 0.15) is 12.1 Å². The monoisotopic (exact) mass is 148 g/mol. The second-order valence-corrected chi connectivity index (χ2v) is 1.57. The lowest BCUT2D eigenvalue weighted by atomic mass is 10.7. The molecule has 0 radical (unpaired) electrons. The van der Waals surface area contributed by atoms with Gasteiger partial charge in [0, 0.05) is 0 Å². The lowest BCUT2D eigenvalue weighted by Crippen LogP contribution is -1.45. The lowest BCUT2D eigenvalue weighted by Gasteiger charge is -1.74. The van der Waals surface area contributed by atoms with E-state index in [-0.39, 0.29) is 12.1 Å². The molecule has 1 heterocycles. The Hall–Kier alpha value is -0.440. The van der Waals surface area contributed by atoms with E-state index < -0.39 is 0 Å². The maximum atomic E-state index is 11.4. The van der Waals surface area contributed by atoms with Crippen LogP contribution in [0.1, 0.15) is 13.8 Å². The first-order valence-electron chi connectivity index (χ1n) is 2.75. The molecular formula is C6H9FOS.